The average Bonchev–Trinajstić information content (AvgIpc) is 3.38. The van der Waals surface area contributed by atoms with Crippen LogP contribution in [0.1, 0.15) is 27.4 Å². The fourth-order valence-electron chi connectivity index (χ4n) is 4.39. The van der Waals surface area contributed by atoms with Gasteiger partial charge in [0.15, 0.2) is 5.96 Å². The standard InChI is InChI=1S/C23H30N4O4/c1-16-19(22(28)29-3)11-18(31-16)12-25-23(24-2)27-14-20-21(15-27)30-10-9-26(20)13-17-7-5-4-6-8-17/h4-8,11,20-21H,9-10,12-15H2,1-3H3,(H,24,25). The number of carbonyl (C=O) groups excluding carboxylic acids is 1. The molecule has 2 saturated heterocycles. The number of aryl methyl sites for hydroxylation is 1. The van der Waals surface area contributed by atoms with Gasteiger partial charge in [-0.25, -0.2) is 4.79 Å². The largest absolute Gasteiger partial charge is 0.465 e. The van der Waals surface area contributed by atoms with Crippen molar-refractivity contribution in [3.63, 3.8) is 0 Å². The summed E-state index contributed by atoms with van der Waals surface area (Å²) in [6, 6.07) is 12.6. The molecule has 31 heavy (non-hydrogen) atoms. The highest BCUT2D eigenvalue weighted by Crippen LogP contribution is 2.25. The fourth-order valence-corrected chi connectivity index (χ4v) is 4.39. The molecule has 0 radical (unpaired) electrons. The van der Waals surface area contributed by atoms with Crippen molar-refractivity contribution in [2.24, 2.45) is 4.99 Å². The molecule has 4 rings (SSSR count). The van der Waals surface area contributed by atoms with E-state index in [2.05, 4.69) is 44.4 Å². The summed E-state index contributed by atoms with van der Waals surface area (Å²) in [5.41, 5.74) is 1.77. The summed E-state index contributed by atoms with van der Waals surface area (Å²) in [6.07, 6.45) is 0.160. The SMILES string of the molecule is CN=C(NCc1cc(C(=O)OC)c(C)o1)N1CC2OCCN(Cc3ccccc3)C2C1. The summed E-state index contributed by atoms with van der Waals surface area (Å²) in [5.74, 6) is 1.62. The number of ether oxygens (including phenoxy) is 2. The number of furan rings is 1. The summed E-state index contributed by atoms with van der Waals surface area (Å²) in [4.78, 5) is 21.0. The smallest absolute Gasteiger partial charge is 0.341 e. The molecule has 166 valence electrons. The number of benzene rings is 1. The van der Waals surface area contributed by atoms with Gasteiger partial charge < -0.3 is 24.1 Å². The highest BCUT2D eigenvalue weighted by atomic mass is 16.5. The Balaban J connectivity index is 1.38. The molecule has 0 bridgehead atoms. The van der Waals surface area contributed by atoms with E-state index in [1.54, 1.807) is 20.0 Å². The monoisotopic (exact) mass is 426 g/mol. The second kappa shape index (κ2) is 9.53. The zero-order valence-electron chi connectivity index (χ0n) is 18.3. The van der Waals surface area contributed by atoms with Crippen molar-refractivity contribution >= 4 is 11.9 Å². The van der Waals surface area contributed by atoms with Gasteiger partial charge in [-0.2, -0.15) is 0 Å². The van der Waals surface area contributed by atoms with Crippen LogP contribution in [0.3, 0.4) is 0 Å². The Labute approximate surface area is 182 Å². The average molecular weight is 427 g/mol. The van der Waals surface area contributed by atoms with Crippen LogP contribution >= 0.6 is 0 Å². The van der Waals surface area contributed by atoms with Crippen LogP contribution in [0, 0.1) is 6.92 Å². The van der Waals surface area contributed by atoms with Crippen LogP contribution in [0.25, 0.3) is 0 Å². The molecule has 1 aromatic heterocycles. The minimum absolute atomic E-state index is 0.160. The molecule has 2 aliphatic rings. The molecular formula is C23H30N4O4. The summed E-state index contributed by atoms with van der Waals surface area (Å²) in [5, 5.41) is 3.36. The number of methoxy groups -OCH3 is 1. The lowest BCUT2D eigenvalue weighted by Gasteiger charge is -2.36. The Bertz CT molecular complexity index is 927. The third kappa shape index (κ3) is 4.75. The first-order valence-electron chi connectivity index (χ1n) is 10.6. The number of fused-ring (bicyclic) bond motifs is 1. The predicted octanol–water partition coefficient (Wildman–Crippen LogP) is 2.04. The lowest BCUT2D eigenvalue weighted by molar-refractivity contribution is -0.0502. The molecule has 8 heteroatoms. The van der Waals surface area contributed by atoms with E-state index in [-0.39, 0.29) is 6.10 Å². The van der Waals surface area contributed by atoms with Crippen molar-refractivity contribution in [2.45, 2.75) is 32.2 Å². The maximum absolute atomic E-state index is 11.8. The molecule has 2 atom stereocenters. The normalized spacial score (nSPS) is 21.8. The number of nitrogens with one attached hydrogen (secondary N) is 1. The summed E-state index contributed by atoms with van der Waals surface area (Å²) >= 11 is 0. The summed E-state index contributed by atoms with van der Waals surface area (Å²) < 4.78 is 16.6. The van der Waals surface area contributed by atoms with Gasteiger partial charge in [0.1, 0.15) is 17.1 Å². The molecule has 1 N–H and O–H groups in total. The Hall–Kier alpha value is -2.84. The van der Waals surface area contributed by atoms with E-state index in [1.807, 2.05) is 6.07 Å². The minimum Gasteiger partial charge on any atom is -0.465 e. The Morgan fingerprint density at radius 2 is 2.10 bits per heavy atom. The highest BCUT2D eigenvalue weighted by molar-refractivity contribution is 5.90. The molecule has 2 aliphatic heterocycles. The van der Waals surface area contributed by atoms with Crippen LogP contribution < -0.4 is 5.32 Å². The second-order valence-corrected chi connectivity index (χ2v) is 7.91. The first-order chi connectivity index (χ1) is 15.1. The molecule has 0 saturated carbocycles. The van der Waals surface area contributed by atoms with Gasteiger partial charge in [0, 0.05) is 33.2 Å². The van der Waals surface area contributed by atoms with E-state index in [0.717, 1.165) is 38.7 Å². The van der Waals surface area contributed by atoms with Crippen molar-refractivity contribution in [1.82, 2.24) is 15.1 Å². The molecular weight excluding hydrogens is 396 g/mol. The number of esters is 1. The fraction of sp³-hybridized carbons (Fsp3) is 0.478. The number of hydrogen-bond acceptors (Lipinski definition) is 6. The van der Waals surface area contributed by atoms with E-state index in [4.69, 9.17) is 13.9 Å². The molecule has 0 amide bonds. The quantitative estimate of drug-likeness (QED) is 0.445. The lowest BCUT2D eigenvalue weighted by Crippen LogP contribution is -2.50. The van der Waals surface area contributed by atoms with Crippen LogP contribution in [0.5, 0.6) is 0 Å². The van der Waals surface area contributed by atoms with Crippen LogP contribution in [0.2, 0.25) is 0 Å². The van der Waals surface area contributed by atoms with E-state index in [1.165, 1.54) is 12.7 Å². The topological polar surface area (TPSA) is 79.5 Å². The Morgan fingerprint density at radius 3 is 2.84 bits per heavy atom. The van der Waals surface area contributed by atoms with Crippen molar-refractivity contribution in [1.29, 1.82) is 0 Å². The van der Waals surface area contributed by atoms with Gasteiger partial charge in [-0.3, -0.25) is 9.89 Å². The third-order valence-corrected chi connectivity index (χ3v) is 5.95. The van der Waals surface area contributed by atoms with Crippen LogP contribution in [0.4, 0.5) is 0 Å². The van der Waals surface area contributed by atoms with E-state index in [9.17, 15) is 4.79 Å². The summed E-state index contributed by atoms with van der Waals surface area (Å²) in [6.45, 7) is 6.43. The zero-order chi connectivity index (χ0) is 21.8. The van der Waals surface area contributed by atoms with Crippen LogP contribution in [0.15, 0.2) is 45.8 Å². The van der Waals surface area contributed by atoms with Crippen molar-refractivity contribution in [3.05, 3.63) is 59.0 Å². The predicted molar refractivity (Wildman–Crippen MR) is 117 cm³/mol. The number of hydrogen-bond donors (Lipinski definition) is 1. The zero-order valence-corrected chi connectivity index (χ0v) is 18.3. The molecule has 0 spiro atoms. The minimum atomic E-state index is -0.392. The Kier molecular flexibility index (Phi) is 6.58. The van der Waals surface area contributed by atoms with Gasteiger partial charge in [0.05, 0.1) is 32.4 Å². The molecule has 8 nitrogen and oxygen atoms in total. The highest BCUT2D eigenvalue weighted by Gasteiger charge is 2.41. The lowest BCUT2D eigenvalue weighted by atomic mass is 10.1. The van der Waals surface area contributed by atoms with Gasteiger partial charge >= 0.3 is 5.97 Å². The molecule has 2 aromatic rings. The first kappa shape index (κ1) is 21.4. The number of guanidine groups is 1. The maximum atomic E-state index is 11.8. The van der Waals surface area contributed by atoms with Gasteiger partial charge in [-0.15, -0.1) is 0 Å². The summed E-state index contributed by atoms with van der Waals surface area (Å²) in [7, 11) is 3.14. The molecule has 3 heterocycles. The van der Waals surface area contributed by atoms with Gasteiger partial charge in [-0.05, 0) is 18.6 Å². The molecule has 1 aromatic carbocycles. The number of nitrogens with zero attached hydrogens (tertiary/aromatic N) is 3. The van der Waals surface area contributed by atoms with Crippen molar-refractivity contribution in [3.8, 4) is 0 Å². The molecule has 2 unspecified atom stereocenters. The van der Waals surface area contributed by atoms with Crippen molar-refractivity contribution in [2.75, 3.05) is 40.4 Å². The van der Waals surface area contributed by atoms with E-state index < -0.39 is 5.97 Å². The maximum Gasteiger partial charge on any atom is 0.341 e. The third-order valence-electron chi connectivity index (χ3n) is 5.95. The van der Waals surface area contributed by atoms with E-state index in [0.29, 0.717) is 29.7 Å². The van der Waals surface area contributed by atoms with Crippen LogP contribution in [-0.2, 0) is 22.6 Å². The molecule has 0 aliphatic carbocycles. The van der Waals surface area contributed by atoms with Gasteiger partial charge in [-0.1, -0.05) is 30.3 Å². The van der Waals surface area contributed by atoms with E-state index >= 15 is 0 Å². The van der Waals surface area contributed by atoms with Gasteiger partial charge in [0.2, 0.25) is 0 Å². The Morgan fingerprint density at radius 1 is 1.29 bits per heavy atom. The number of carbonyl (C=O) groups is 1. The number of morpholine rings is 1. The number of likely N-dealkylation sites (tertiary alicyclic amines) is 1. The number of rotatable bonds is 5. The molecule has 2 fully saturated rings. The van der Waals surface area contributed by atoms with Gasteiger partial charge in [0.25, 0.3) is 0 Å². The number of aliphatic imine (C=N–C) groups is 1. The van der Waals surface area contributed by atoms with Crippen molar-refractivity contribution < 1.29 is 18.7 Å². The van der Waals surface area contributed by atoms with Crippen LogP contribution in [-0.4, -0.2) is 74.3 Å². The first-order valence-corrected chi connectivity index (χ1v) is 10.6. The second-order valence-electron chi connectivity index (χ2n) is 7.91.